The molecule has 1 aromatic rings. The van der Waals surface area contributed by atoms with Crippen molar-refractivity contribution in [2.45, 2.75) is 51.5 Å². The number of ether oxygens (including phenoxy) is 1. The largest absolute Gasteiger partial charge is 0.494 e. The van der Waals surface area contributed by atoms with Crippen molar-refractivity contribution in [2.75, 3.05) is 13.2 Å². The van der Waals surface area contributed by atoms with Crippen LogP contribution in [0.4, 0.5) is 0 Å². The summed E-state index contributed by atoms with van der Waals surface area (Å²) in [5.74, 6) is 1.87. The summed E-state index contributed by atoms with van der Waals surface area (Å²) >= 11 is 0. The molecule has 0 spiro atoms. The Morgan fingerprint density at radius 1 is 1.16 bits per heavy atom. The molecule has 1 aliphatic rings. The van der Waals surface area contributed by atoms with Gasteiger partial charge in [0.05, 0.1) is 6.61 Å². The van der Waals surface area contributed by atoms with Gasteiger partial charge in [0.2, 0.25) is 0 Å². The lowest BCUT2D eigenvalue weighted by Crippen LogP contribution is -2.35. The first-order valence-electron chi connectivity index (χ1n) is 7.77. The molecule has 1 aromatic carbocycles. The van der Waals surface area contributed by atoms with E-state index in [2.05, 4.69) is 12.2 Å². The SMILES string of the molecule is C[C@@H](NCCCOc1ccccc1)C1CCCCC1. The fourth-order valence-corrected chi connectivity index (χ4v) is 2.91. The summed E-state index contributed by atoms with van der Waals surface area (Å²) < 4.78 is 5.69. The lowest BCUT2D eigenvalue weighted by atomic mass is 9.84. The van der Waals surface area contributed by atoms with E-state index in [1.54, 1.807) is 0 Å². The number of hydrogen-bond donors (Lipinski definition) is 1. The minimum Gasteiger partial charge on any atom is -0.494 e. The third-order valence-corrected chi connectivity index (χ3v) is 4.16. The average Bonchev–Trinajstić information content (AvgIpc) is 2.49. The normalized spacial score (nSPS) is 18.2. The molecule has 106 valence electrons. The van der Waals surface area contributed by atoms with Gasteiger partial charge in [-0.25, -0.2) is 0 Å². The number of benzene rings is 1. The Morgan fingerprint density at radius 2 is 1.89 bits per heavy atom. The van der Waals surface area contributed by atoms with Crippen LogP contribution in [-0.4, -0.2) is 19.2 Å². The molecular weight excluding hydrogens is 234 g/mol. The minimum absolute atomic E-state index is 0.664. The van der Waals surface area contributed by atoms with E-state index in [9.17, 15) is 0 Å². The molecule has 1 atom stereocenters. The highest BCUT2D eigenvalue weighted by atomic mass is 16.5. The van der Waals surface area contributed by atoms with Crippen molar-refractivity contribution >= 4 is 0 Å². The Bertz CT molecular complexity index is 332. The highest BCUT2D eigenvalue weighted by Crippen LogP contribution is 2.26. The number of rotatable bonds is 7. The second-order valence-electron chi connectivity index (χ2n) is 5.66. The molecule has 1 aliphatic carbocycles. The van der Waals surface area contributed by atoms with E-state index in [-0.39, 0.29) is 0 Å². The van der Waals surface area contributed by atoms with Gasteiger partial charge in [-0.15, -0.1) is 0 Å². The van der Waals surface area contributed by atoms with E-state index < -0.39 is 0 Å². The molecule has 2 rings (SSSR count). The van der Waals surface area contributed by atoms with Crippen molar-refractivity contribution < 1.29 is 4.74 Å². The van der Waals surface area contributed by atoms with E-state index in [1.807, 2.05) is 30.3 Å². The highest BCUT2D eigenvalue weighted by molar-refractivity contribution is 5.20. The van der Waals surface area contributed by atoms with Crippen LogP contribution in [-0.2, 0) is 0 Å². The highest BCUT2D eigenvalue weighted by Gasteiger charge is 2.18. The second kappa shape index (κ2) is 8.21. The van der Waals surface area contributed by atoms with Crippen molar-refractivity contribution in [2.24, 2.45) is 5.92 Å². The summed E-state index contributed by atoms with van der Waals surface area (Å²) in [6, 6.07) is 10.7. The van der Waals surface area contributed by atoms with Gasteiger partial charge in [0, 0.05) is 6.04 Å². The van der Waals surface area contributed by atoms with Gasteiger partial charge in [-0.05, 0) is 50.8 Å². The van der Waals surface area contributed by atoms with Crippen LogP contribution < -0.4 is 10.1 Å². The van der Waals surface area contributed by atoms with Gasteiger partial charge in [0.15, 0.2) is 0 Å². The zero-order chi connectivity index (χ0) is 13.3. The molecule has 0 unspecified atom stereocenters. The maximum absolute atomic E-state index is 5.69. The Morgan fingerprint density at radius 3 is 2.63 bits per heavy atom. The van der Waals surface area contributed by atoms with Gasteiger partial charge >= 0.3 is 0 Å². The van der Waals surface area contributed by atoms with Gasteiger partial charge in [-0.2, -0.15) is 0 Å². The van der Waals surface area contributed by atoms with Crippen LogP contribution in [0.1, 0.15) is 45.4 Å². The first-order chi connectivity index (χ1) is 9.36. The summed E-state index contributed by atoms with van der Waals surface area (Å²) in [6.07, 6.45) is 8.19. The molecule has 0 saturated heterocycles. The monoisotopic (exact) mass is 261 g/mol. The summed E-state index contributed by atoms with van der Waals surface area (Å²) in [4.78, 5) is 0. The standard InChI is InChI=1S/C17H27NO/c1-15(16-9-4-2-5-10-16)18-13-8-14-19-17-11-6-3-7-12-17/h3,6-7,11-12,15-16,18H,2,4-5,8-10,13-14H2,1H3/t15-/m1/s1. The second-order valence-corrected chi connectivity index (χ2v) is 5.66. The molecule has 1 fully saturated rings. The lowest BCUT2D eigenvalue weighted by Gasteiger charge is -2.28. The molecule has 0 aromatic heterocycles. The smallest absolute Gasteiger partial charge is 0.119 e. The lowest BCUT2D eigenvalue weighted by molar-refractivity contribution is 0.267. The van der Waals surface area contributed by atoms with E-state index in [0.717, 1.165) is 31.2 Å². The van der Waals surface area contributed by atoms with Crippen molar-refractivity contribution in [1.82, 2.24) is 5.32 Å². The third-order valence-electron chi connectivity index (χ3n) is 4.16. The van der Waals surface area contributed by atoms with Gasteiger partial charge in [-0.1, -0.05) is 37.5 Å². The first-order valence-corrected chi connectivity index (χ1v) is 7.77. The molecule has 0 heterocycles. The number of nitrogens with one attached hydrogen (secondary N) is 1. The van der Waals surface area contributed by atoms with Crippen LogP contribution in [0.25, 0.3) is 0 Å². The van der Waals surface area contributed by atoms with Crippen molar-refractivity contribution in [3.05, 3.63) is 30.3 Å². The molecule has 2 heteroatoms. The van der Waals surface area contributed by atoms with Gasteiger partial charge in [-0.3, -0.25) is 0 Å². The zero-order valence-electron chi connectivity index (χ0n) is 12.1. The Kier molecular flexibility index (Phi) is 6.22. The average molecular weight is 261 g/mol. The maximum atomic E-state index is 5.69. The summed E-state index contributed by atoms with van der Waals surface area (Å²) in [5, 5.41) is 3.66. The molecule has 19 heavy (non-hydrogen) atoms. The fourth-order valence-electron chi connectivity index (χ4n) is 2.91. The van der Waals surface area contributed by atoms with Crippen LogP contribution >= 0.6 is 0 Å². The Labute approximate surface area is 117 Å². The van der Waals surface area contributed by atoms with Crippen molar-refractivity contribution in [1.29, 1.82) is 0 Å². The van der Waals surface area contributed by atoms with Crippen LogP contribution in [0, 0.1) is 5.92 Å². The van der Waals surface area contributed by atoms with Crippen molar-refractivity contribution in [3.63, 3.8) is 0 Å². The van der Waals surface area contributed by atoms with Gasteiger partial charge in [0.25, 0.3) is 0 Å². The van der Waals surface area contributed by atoms with E-state index in [4.69, 9.17) is 4.74 Å². The quantitative estimate of drug-likeness (QED) is 0.749. The van der Waals surface area contributed by atoms with E-state index in [1.165, 1.54) is 32.1 Å². The topological polar surface area (TPSA) is 21.3 Å². The molecular formula is C17H27NO. The maximum Gasteiger partial charge on any atom is 0.119 e. The minimum atomic E-state index is 0.664. The number of para-hydroxylation sites is 1. The summed E-state index contributed by atoms with van der Waals surface area (Å²) in [5.41, 5.74) is 0. The molecule has 1 N–H and O–H groups in total. The molecule has 0 amide bonds. The zero-order valence-corrected chi connectivity index (χ0v) is 12.1. The van der Waals surface area contributed by atoms with Crippen molar-refractivity contribution in [3.8, 4) is 5.75 Å². The molecule has 1 saturated carbocycles. The Balaban J connectivity index is 1.54. The molecule has 2 nitrogen and oxygen atoms in total. The molecule has 0 bridgehead atoms. The number of hydrogen-bond acceptors (Lipinski definition) is 2. The summed E-state index contributed by atoms with van der Waals surface area (Å²) in [7, 11) is 0. The summed E-state index contributed by atoms with van der Waals surface area (Å²) in [6.45, 7) is 4.20. The van der Waals surface area contributed by atoms with E-state index in [0.29, 0.717) is 6.04 Å². The Hall–Kier alpha value is -1.02. The first kappa shape index (κ1) is 14.4. The molecule has 0 aliphatic heterocycles. The van der Waals surface area contributed by atoms with Crippen LogP contribution in [0.2, 0.25) is 0 Å². The predicted octanol–water partition coefficient (Wildman–Crippen LogP) is 4.01. The van der Waals surface area contributed by atoms with Gasteiger partial charge in [0.1, 0.15) is 5.75 Å². The van der Waals surface area contributed by atoms with Crippen LogP contribution in [0.5, 0.6) is 5.75 Å². The fraction of sp³-hybridized carbons (Fsp3) is 0.647. The molecule has 0 radical (unpaired) electrons. The van der Waals surface area contributed by atoms with E-state index >= 15 is 0 Å². The predicted molar refractivity (Wildman–Crippen MR) is 80.6 cm³/mol. The van der Waals surface area contributed by atoms with Gasteiger partial charge < -0.3 is 10.1 Å². The van der Waals surface area contributed by atoms with Crippen LogP contribution in [0.3, 0.4) is 0 Å². The van der Waals surface area contributed by atoms with Crippen LogP contribution in [0.15, 0.2) is 30.3 Å². The third kappa shape index (κ3) is 5.23.